The second kappa shape index (κ2) is 5.02. The average molecular weight is 291 g/mol. The summed E-state index contributed by atoms with van der Waals surface area (Å²) in [6.07, 6.45) is 0. The summed E-state index contributed by atoms with van der Waals surface area (Å²) in [5.74, 6) is 0. The number of benzene rings is 1. The third-order valence-corrected chi connectivity index (χ3v) is 3.87. The molecule has 15 heavy (non-hydrogen) atoms. The van der Waals surface area contributed by atoms with E-state index in [0.29, 0.717) is 10.2 Å². The molecule has 0 amide bonds. The maximum atomic E-state index is 10.9. The Morgan fingerprint density at radius 3 is 2.73 bits per heavy atom. The van der Waals surface area contributed by atoms with E-state index in [4.69, 9.17) is 16.2 Å². The molecule has 76 valence electrons. The largest absolute Gasteiger partial charge is 1.00 e. The van der Waals surface area contributed by atoms with Crippen LogP contribution in [0.2, 0.25) is 5.02 Å². The fraction of sp³-hybridized carbons (Fsp3) is 0. The Bertz CT molecular complexity index is 603. The molecule has 5 nitrogen and oxygen atoms in total. The molecule has 2 rings (SSSR count). The first-order valence-corrected chi connectivity index (χ1v) is 5.97. The van der Waals surface area contributed by atoms with Gasteiger partial charge in [0.15, 0.2) is 0 Å². The van der Waals surface area contributed by atoms with E-state index in [-0.39, 0.29) is 62.7 Å². The molecular formula is C6H4ClKN2O3S2. The van der Waals surface area contributed by atoms with Gasteiger partial charge in [-0.15, -0.1) is 5.10 Å². The molecule has 1 N–H and O–H groups in total. The minimum absolute atomic E-state index is 0. The Labute approximate surface area is 139 Å². The first kappa shape index (κ1) is 13.9. The third-order valence-electron chi connectivity index (χ3n) is 1.60. The van der Waals surface area contributed by atoms with Crippen molar-refractivity contribution in [2.45, 2.75) is 4.90 Å². The molecule has 0 aliphatic heterocycles. The summed E-state index contributed by atoms with van der Waals surface area (Å²) in [5.41, 5.74) is 0.507. The normalized spacial score (nSPS) is 11.3. The van der Waals surface area contributed by atoms with Gasteiger partial charge in [-0.25, -0.2) is 0 Å². The maximum Gasteiger partial charge on any atom is 1.00 e. The van der Waals surface area contributed by atoms with E-state index in [9.17, 15) is 8.42 Å². The van der Waals surface area contributed by atoms with Gasteiger partial charge in [0.1, 0.15) is 10.4 Å². The predicted octanol–water partition coefficient (Wildman–Crippen LogP) is -1.29. The van der Waals surface area contributed by atoms with Crippen molar-refractivity contribution in [1.29, 1.82) is 0 Å². The molecule has 0 bridgehead atoms. The van der Waals surface area contributed by atoms with Crippen molar-refractivity contribution < 1.29 is 65.8 Å². The van der Waals surface area contributed by atoms with Crippen LogP contribution in [0.15, 0.2) is 17.0 Å². The summed E-state index contributed by atoms with van der Waals surface area (Å²) in [5, 5.41) is 3.67. The van der Waals surface area contributed by atoms with E-state index in [1.54, 1.807) is 0 Å². The Hall–Kier alpha value is 0.876. The zero-order chi connectivity index (χ0) is 10.3. The van der Waals surface area contributed by atoms with Gasteiger partial charge in [-0.2, -0.15) is 8.42 Å². The van der Waals surface area contributed by atoms with Gasteiger partial charge in [0, 0.05) is 0 Å². The number of hydrogen-bond donors (Lipinski definition) is 1. The number of aromatic nitrogens is 2. The van der Waals surface area contributed by atoms with Gasteiger partial charge in [-0.1, -0.05) is 16.1 Å². The van der Waals surface area contributed by atoms with E-state index in [1.807, 2.05) is 0 Å². The molecule has 1 heterocycles. The molecule has 1 aromatic carbocycles. The van der Waals surface area contributed by atoms with Crippen LogP contribution in [0.3, 0.4) is 0 Å². The summed E-state index contributed by atoms with van der Waals surface area (Å²) in [4.78, 5) is -0.322. The Balaban J connectivity index is 0.00000112. The van der Waals surface area contributed by atoms with Crippen molar-refractivity contribution in [2.24, 2.45) is 0 Å². The third kappa shape index (κ3) is 2.76. The van der Waals surface area contributed by atoms with E-state index in [0.717, 1.165) is 11.5 Å². The van der Waals surface area contributed by atoms with Gasteiger partial charge in [-0.3, -0.25) is 4.55 Å². The minimum Gasteiger partial charge on any atom is -1.00 e. The average Bonchev–Trinajstić information content (AvgIpc) is 2.50. The Kier molecular flexibility index (Phi) is 4.67. The van der Waals surface area contributed by atoms with E-state index in [2.05, 4.69) is 9.59 Å². The molecular weight excluding hydrogens is 287 g/mol. The van der Waals surface area contributed by atoms with Gasteiger partial charge in [-0.05, 0) is 23.7 Å². The Morgan fingerprint density at radius 1 is 1.47 bits per heavy atom. The fourth-order valence-electron chi connectivity index (χ4n) is 0.998. The molecule has 0 saturated carbocycles. The quantitative estimate of drug-likeness (QED) is 0.522. The fourth-order valence-corrected chi connectivity index (χ4v) is 2.79. The number of fused-ring (bicyclic) bond motifs is 1. The monoisotopic (exact) mass is 290 g/mol. The molecule has 0 radical (unpaired) electrons. The topological polar surface area (TPSA) is 80.2 Å². The Morgan fingerprint density at radius 2 is 2.13 bits per heavy atom. The molecule has 9 heteroatoms. The first-order chi connectivity index (χ1) is 6.50. The molecule has 0 unspecified atom stereocenters. The van der Waals surface area contributed by atoms with Crippen molar-refractivity contribution in [3.05, 3.63) is 17.2 Å². The van der Waals surface area contributed by atoms with E-state index in [1.165, 1.54) is 12.1 Å². The summed E-state index contributed by atoms with van der Waals surface area (Å²) < 4.78 is 34.6. The molecule has 1 aromatic heterocycles. The van der Waals surface area contributed by atoms with Crippen LogP contribution < -0.4 is 51.4 Å². The van der Waals surface area contributed by atoms with Crippen molar-refractivity contribution in [3.8, 4) is 0 Å². The van der Waals surface area contributed by atoms with Crippen molar-refractivity contribution in [2.75, 3.05) is 0 Å². The van der Waals surface area contributed by atoms with Gasteiger partial charge >= 0.3 is 51.4 Å². The summed E-state index contributed by atoms with van der Waals surface area (Å²) >= 11 is 6.73. The summed E-state index contributed by atoms with van der Waals surface area (Å²) in [7, 11) is -4.28. The van der Waals surface area contributed by atoms with Crippen LogP contribution in [-0.4, -0.2) is 22.6 Å². The van der Waals surface area contributed by atoms with Crippen LogP contribution in [0.25, 0.3) is 10.2 Å². The van der Waals surface area contributed by atoms with Crippen LogP contribution in [0, 0.1) is 0 Å². The van der Waals surface area contributed by atoms with E-state index >= 15 is 0 Å². The van der Waals surface area contributed by atoms with Crippen LogP contribution in [0.5, 0.6) is 0 Å². The minimum atomic E-state index is -4.28. The number of hydrogen-bond acceptors (Lipinski definition) is 5. The zero-order valence-electron chi connectivity index (χ0n) is 8.51. The molecule has 0 aliphatic rings. The van der Waals surface area contributed by atoms with E-state index < -0.39 is 10.1 Å². The van der Waals surface area contributed by atoms with Crippen molar-refractivity contribution in [1.82, 2.24) is 9.59 Å². The predicted molar refractivity (Wildman–Crippen MR) is 53.4 cm³/mol. The number of halogens is 1. The smallest absolute Gasteiger partial charge is 1.00 e. The van der Waals surface area contributed by atoms with Crippen molar-refractivity contribution in [3.63, 3.8) is 0 Å². The summed E-state index contributed by atoms with van der Waals surface area (Å²) in [6, 6.07) is 2.63. The van der Waals surface area contributed by atoms with Gasteiger partial charge in [0.05, 0.1) is 9.72 Å². The van der Waals surface area contributed by atoms with Crippen LogP contribution in [0.1, 0.15) is 1.43 Å². The maximum absolute atomic E-state index is 10.9. The second-order valence-electron chi connectivity index (χ2n) is 2.47. The van der Waals surface area contributed by atoms with Crippen LogP contribution in [-0.2, 0) is 10.1 Å². The molecule has 2 aromatic rings. The van der Waals surface area contributed by atoms with Gasteiger partial charge in [0.2, 0.25) is 0 Å². The molecule has 0 saturated heterocycles. The molecule has 0 fully saturated rings. The van der Waals surface area contributed by atoms with Crippen molar-refractivity contribution >= 4 is 43.5 Å². The number of rotatable bonds is 1. The molecule has 0 spiro atoms. The summed E-state index contributed by atoms with van der Waals surface area (Å²) in [6.45, 7) is 0. The van der Waals surface area contributed by atoms with Crippen LogP contribution >= 0.6 is 23.1 Å². The van der Waals surface area contributed by atoms with Gasteiger partial charge in [0.25, 0.3) is 10.1 Å². The van der Waals surface area contributed by atoms with Crippen LogP contribution in [0.4, 0.5) is 0 Å². The zero-order valence-corrected chi connectivity index (χ0v) is 13.0. The number of nitrogens with zero attached hydrogens (tertiary/aromatic N) is 2. The van der Waals surface area contributed by atoms with Gasteiger partial charge < -0.3 is 1.43 Å². The molecule has 0 atom stereocenters. The molecule has 0 aliphatic carbocycles. The second-order valence-corrected chi connectivity index (χ2v) is 5.00. The SMILES string of the molecule is O=S(=O)(O)c1ccc2nnsc2c1Cl.[H-].[K+]. The first-order valence-electron chi connectivity index (χ1n) is 3.38. The standard InChI is InChI=1S/C6H3ClN2O3S2.K.H/c7-5-4(14(10,11)12)2-1-3-6(5)13-9-8-3;;/h1-2H,(H,10,11,12);;/q;+1;-1.